The number of hydrogen-bond donors (Lipinski definition) is 1. The van der Waals surface area contributed by atoms with Gasteiger partial charge >= 0.3 is 0 Å². The highest BCUT2D eigenvalue weighted by atomic mass is 19.1. The highest BCUT2D eigenvalue weighted by Gasteiger charge is 2.12. The number of hydrogen-bond acceptors (Lipinski definition) is 3. The van der Waals surface area contributed by atoms with Crippen molar-refractivity contribution in [1.82, 2.24) is 0 Å². The fourth-order valence-corrected chi connectivity index (χ4v) is 1.72. The maximum atomic E-state index is 13.5. The first kappa shape index (κ1) is 13.9. The molecule has 0 atom stereocenters. The number of methoxy groups -OCH3 is 2. The number of nitrogens with one attached hydrogen (secondary N) is 1. The number of carbonyl (C=O) groups excluding carboxylic acids is 1. The molecule has 2 rings (SSSR count). The minimum absolute atomic E-state index is 0.0192. The summed E-state index contributed by atoms with van der Waals surface area (Å²) in [6, 6.07) is 10.7. The van der Waals surface area contributed by atoms with Gasteiger partial charge in [0, 0.05) is 23.9 Å². The average Bonchev–Trinajstić information content (AvgIpc) is 2.47. The first-order valence-corrected chi connectivity index (χ1v) is 5.93. The van der Waals surface area contributed by atoms with Gasteiger partial charge < -0.3 is 14.8 Å². The van der Waals surface area contributed by atoms with Crippen molar-refractivity contribution < 1.29 is 18.7 Å². The minimum Gasteiger partial charge on any atom is -0.497 e. The van der Waals surface area contributed by atoms with Crippen LogP contribution in [0.2, 0.25) is 0 Å². The first-order valence-electron chi connectivity index (χ1n) is 5.93. The van der Waals surface area contributed by atoms with Crippen LogP contribution >= 0.6 is 0 Å². The number of carbonyl (C=O) groups is 1. The molecule has 0 aliphatic heterocycles. The van der Waals surface area contributed by atoms with Gasteiger partial charge in [0.2, 0.25) is 0 Å². The third-order valence-electron chi connectivity index (χ3n) is 2.73. The van der Waals surface area contributed by atoms with Crippen LogP contribution in [0.25, 0.3) is 0 Å². The van der Waals surface area contributed by atoms with E-state index in [2.05, 4.69) is 5.32 Å². The molecule has 1 amide bonds. The van der Waals surface area contributed by atoms with Gasteiger partial charge in [-0.3, -0.25) is 4.79 Å². The highest BCUT2D eigenvalue weighted by molar-refractivity contribution is 6.04. The normalized spacial score (nSPS) is 9.95. The van der Waals surface area contributed by atoms with Crippen molar-refractivity contribution in [2.45, 2.75) is 0 Å². The van der Waals surface area contributed by atoms with E-state index < -0.39 is 11.7 Å². The van der Waals surface area contributed by atoms with Crippen LogP contribution in [-0.2, 0) is 0 Å². The lowest BCUT2D eigenvalue weighted by Gasteiger charge is -2.10. The third kappa shape index (κ3) is 3.06. The van der Waals surface area contributed by atoms with Crippen molar-refractivity contribution in [3.05, 3.63) is 53.8 Å². The van der Waals surface area contributed by atoms with E-state index in [1.807, 2.05) is 0 Å². The molecule has 20 heavy (non-hydrogen) atoms. The van der Waals surface area contributed by atoms with Gasteiger partial charge in [-0.2, -0.15) is 0 Å². The smallest absolute Gasteiger partial charge is 0.258 e. The second-order valence-electron chi connectivity index (χ2n) is 4.04. The molecular weight excluding hydrogens is 261 g/mol. The maximum absolute atomic E-state index is 13.5. The Labute approximate surface area is 116 Å². The predicted molar refractivity (Wildman–Crippen MR) is 73.9 cm³/mol. The molecule has 2 aromatic carbocycles. The summed E-state index contributed by atoms with van der Waals surface area (Å²) >= 11 is 0. The van der Waals surface area contributed by atoms with Crippen LogP contribution in [0.1, 0.15) is 10.4 Å². The van der Waals surface area contributed by atoms with Crippen LogP contribution in [-0.4, -0.2) is 20.1 Å². The highest BCUT2D eigenvalue weighted by Crippen LogP contribution is 2.26. The lowest BCUT2D eigenvalue weighted by atomic mass is 10.2. The number of halogens is 1. The van der Waals surface area contributed by atoms with Crippen molar-refractivity contribution in [2.24, 2.45) is 0 Å². The molecule has 0 aliphatic carbocycles. The molecule has 0 saturated carbocycles. The van der Waals surface area contributed by atoms with E-state index in [4.69, 9.17) is 9.47 Å². The monoisotopic (exact) mass is 275 g/mol. The van der Waals surface area contributed by atoms with Crippen LogP contribution in [0.15, 0.2) is 42.5 Å². The molecule has 0 unspecified atom stereocenters. The van der Waals surface area contributed by atoms with E-state index in [0.29, 0.717) is 17.2 Å². The van der Waals surface area contributed by atoms with Crippen molar-refractivity contribution in [3.63, 3.8) is 0 Å². The van der Waals surface area contributed by atoms with Crippen molar-refractivity contribution >= 4 is 11.6 Å². The van der Waals surface area contributed by atoms with Crippen LogP contribution in [0.3, 0.4) is 0 Å². The lowest BCUT2D eigenvalue weighted by Crippen LogP contribution is -2.13. The Kier molecular flexibility index (Phi) is 4.20. The summed E-state index contributed by atoms with van der Waals surface area (Å²) in [7, 11) is 3.02. The van der Waals surface area contributed by atoms with Crippen molar-refractivity contribution in [3.8, 4) is 11.5 Å². The molecule has 1 N–H and O–H groups in total. The van der Waals surface area contributed by atoms with Gasteiger partial charge in [-0.15, -0.1) is 0 Å². The third-order valence-corrected chi connectivity index (χ3v) is 2.73. The van der Waals surface area contributed by atoms with Gasteiger partial charge in [-0.1, -0.05) is 12.1 Å². The van der Waals surface area contributed by atoms with Gasteiger partial charge in [0.05, 0.1) is 19.8 Å². The summed E-state index contributed by atoms with van der Waals surface area (Å²) in [5.41, 5.74) is 0.448. The molecule has 5 heteroatoms. The Morgan fingerprint density at radius 3 is 2.20 bits per heavy atom. The molecule has 104 valence electrons. The standard InChI is InChI=1S/C15H14FNO3/c1-19-11-7-10(8-12(9-11)20-2)17-15(18)13-5-3-4-6-14(13)16/h3-9H,1-2H3,(H,17,18). The van der Waals surface area contributed by atoms with Gasteiger partial charge in [0.15, 0.2) is 0 Å². The summed E-state index contributed by atoms with van der Waals surface area (Å²) in [5, 5.41) is 2.61. The molecular formula is C15H14FNO3. The lowest BCUT2D eigenvalue weighted by molar-refractivity contribution is 0.102. The summed E-state index contributed by atoms with van der Waals surface area (Å²) in [5.74, 6) is -0.0281. The zero-order valence-electron chi connectivity index (χ0n) is 11.1. The molecule has 4 nitrogen and oxygen atoms in total. The first-order chi connectivity index (χ1) is 9.63. The molecule has 0 heterocycles. The van der Waals surface area contributed by atoms with E-state index >= 15 is 0 Å². The Morgan fingerprint density at radius 1 is 1.05 bits per heavy atom. The fraction of sp³-hybridized carbons (Fsp3) is 0.133. The largest absolute Gasteiger partial charge is 0.497 e. The van der Waals surface area contributed by atoms with Gasteiger partial charge in [0.1, 0.15) is 17.3 Å². The van der Waals surface area contributed by atoms with Crippen molar-refractivity contribution in [2.75, 3.05) is 19.5 Å². The topological polar surface area (TPSA) is 47.6 Å². The van der Waals surface area contributed by atoms with E-state index in [-0.39, 0.29) is 5.56 Å². The van der Waals surface area contributed by atoms with E-state index in [1.54, 1.807) is 24.3 Å². The second kappa shape index (κ2) is 6.06. The summed E-state index contributed by atoms with van der Waals surface area (Å²) in [6.07, 6.45) is 0. The molecule has 0 fully saturated rings. The van der Waals surface area contributed by atoms with E-state index in [1.165, 1.54) is 32.4 Å². The molecule has 0 aromatic heterocycles. The SMILES string of the molecule is COc1cc(NC(=O)c2ccccc2F)cc(OC)c1. The molecule has 0 bridgehead atoms. The Morgan fingerprint density at radius 2 is 1.65 bits per heavy atom. The van der Waals surface area contributed by atoms with Crippen LogP contribution in [0, 0.1) is 5.82 Å². The Bertz CT molecular complexity index is 606. The van der Waals surface area contributed by atoms with Gasteiger partial charge in [0.25, 0.3) is 5.91 Å². The van der Waals surface area contributed by atoms with Crippen LogP contribution in [0.4, 0.5) is 10.1 Å². The number of ether oxygens (including phenoxy) is 2. The second-order valence-corrected chi connectivity index (χ2v) is 4.04. The summed E-state index contributed by atoms with van der Waals surface area (Å²) in [6.45, 7) is 0. The van der Waals surface area contributed by atoms with Crippen LogP contribution < -0.4 is 14.8 Å². The number of benzene rings is 2. The zero-order valence-corrected chi connectivity index (χ0v) is 11.1. The fourth-order valence-electron chi connectivity index (χ4n) is 1.72. The van der Waals surface area contributed by atoms with Crippen molar-refractivity contribution in [1.29, 1.82) is 0 Å². The number of amides is 1. The van der Waals surface area contributed by atoms with Crippen LogP contribution in [0.5, 0.6) is 11.5 Å². The number of anilines is 1. The van der Waals surface area contributed by atoms with Gasteiger partial charge in [-0.25, -0.2) is 4.39 Å². The minimum atomic E-state index is -0.570. The summed E-state index contributed by atoms with van der Waals surface area (Å²) in [4.78, 5) is 12.0. The molecule has 0 radical (unpaired) electrons. The van der Waals surface area contributed by atoms with E-state index in [9.17, 15) is 9.18 Å². The molecule has 0 aliphatic rings. The van der Waals surface area contributed by atoms with Gasteiger partial charge in [-0.05, 0) is 12.1 Å². The Hall–Kier alpha value is -2.56. The maximum Gasteiger partial charge on any atom is 0.258 e. The quantitative estimate of drug-likeness (QED) is 0.932. The molecule has 2 aromatic rings. The number of rotatable bonds is 4. The predicted octanol–water partition coefficient (Wildman–Crippen LogP) is 3.10. The molecule has 0 spiro atoms. The summed E-state index contributed by atoms with van der Waals surface area (Å²) < 4.78 is 23.7. The average molecular weight is 275 g/mol. The molecule has 0 saturated heterocycles. The Balaban J connectivity index is 2.26. The van der Waals surface area contributed by atoms with E-state index in [0.717, 1.165) is 0 Å². The zero-order chi connectivity index (χ0) is 14.5.